The van der Waals surface area contributed by atoms with Crippen LogP contribution in [-0.4, -0.2) is 11.7 Å². The van der Waals surface area contributed by atoms with Crippen LogP contribution in [0.5, 0.6) is 0 Å². The zero-order valence-electron chi connectivity index (χ0n) is 8.35. The summed E-state index contributed by atoms with van der Waals surface area (Å²) in [4.78, 5) is 0. The zero-order valence-corrected chi connectivity index (χ0v) is 8.35. The number of aliphatic hydroxyl groups excluding tert-OH is 1. The Bertz CT molecular complexity index is 91.0. The van der Waals surface area contributed by atoms with Crippen LogP contribution >= 0.6 is 0 Å². The van der Waals surface area contributed by atoms with Gasteiger partial charge in [-0.15, -0.1) is 0 Å². The van der Waals surface area contributed by atoms with Crippen molar-refractivity contribution in [2.75, 3.05) is 6.61 Å². The van der Waals surface area contributed by atoms with Gasteiger partial charge in [-0.2, -0.15) is 0 Å². The van der Waals surface area contributed by atoms with Gasteiger partial charge in [0.25, 0.3) is 0 Å². The Morgan fingerprint density at radius 1 is 1.18 bits per heavy atom. The van der Waals surface area contributed by atoms with Gasteiger partial charge in [0.2, 0.25) is 0 Å². The van der Waals surface area contributed by atoms with Crippen LogP contribution in [0.1, 0.15) is 47.0 Å². The third kappa shape index (κ3) is 2.48. The third-order valence-corrected chi connectivity index (χ3v) is 3.31. The van der Waals surface area contributed by atoms with Gasteiger partial charge in [-0.1, -0.05) is 47.0 Å². The fourth-order valence-electron chi connectivity index (χ4n) is 1.67. The molecule has 0 saturated heterocycles. The highest BCUT2D eigenvalue weighted by Gasteiger charge is 2.28. The van der Waals surface area contributed by atoms with E-state index in [1.807, 2.05) is 0 Å². The molecule has 0 aliphatic rings. The lowest BCUT2D eigenvalue weighted by molar-refractivity contribution is 0.0904. The number of hydrogen-bond acceptors (Lipinski definition) is 1. The molecule has 0 heterocycles. The van der Waals surface area contributed by atoms with Gasteiger partial charge in [0.1, 0.15) is 0 Å². The van der Waals surface area contributed by atoms with Gasteiger partial charge >= 0.3 is 0 Å². The topological polar surface area (TPSA) is 20.2 Å². The lowest BCUT2D eigenvalue weighted by Crippen LogP contribution is -2.28. The normalized spacial score (nSPS) is 15.0. The summed E-state index contributed by atoms with van der Waals surface area (Å²) in [5.41, 5.74) is 0.351. The standard InChI is InChI=1S/C10H22O/c1-5-9(8-11)10(4,6-2)7-3/h9,11H,5-8H2,1-4H3. The van der Waals surface area contributed by atoms with E-state index in [1.165, 1.54) is 12.8 Å². The van der Waals surface area contributed by atoms with Crippen molar-refractivity contribution in [2.24, 2.45) is 11.3 Å². The average molecular weight is 158 g/mol. The van der Waals surface area contributed by atoms with Crippen LogP contribution in [0.15, 0.2) is 0 Å². The summed E-state index contributed by atoms with van der Waals surface area (Å²) in [6.07, 6.45) is 3.43. The number of rotatable bonds is 5. The van der Waals surface area contributed by atoms with Crippen LogP contribution < -0.4 is 0 Å². The van der Waals surface area contributed by atoms with Gasteiger partial charge < -0.3 is 5.11 Å². The molecule has 0 radical (unpaired) electrons. The highest BCUT2D eigenvalue weighted by Crippen LogP contribution is 2.36. The maximum Gasteiger partial charge on any atom is 0.0464 e. The van der Waals surface area contributed by atoms with Crippen LogP contribution in [0.2, 0.25) is 0 Å². The first-order valence-corrected chi connectivity index (χ1v) is 4.75. The van der Waals surface area contributed by atoms with Crippen molar-refractivity contribution in [3.63, 3.8) is 0 Å². The molecule has 0 aromatic heterocycles. The molecule has 1 heteroatoms. The molecule has 0 aromatic carbocycles. The molecule has 0 bridgehead atoms. The van der Waals surface area contributed by atoms with Crippen molar-refractivity contribution in [1.82, 2.24) is 0 Å². The summed E-state index contributed by atoms with van der Waals surface area (Å²) in [5.74, 6) is 0.484. The fourth-order valence-corrected chi connectivity index (χ4v) is 1.67. The molecule has 1 N–H and O–H groups in total. The minimum absolute atomic E-state index is 0.342. The molecule has 0 amide bonds. The second kappa shape index (κ2) is 4.76. The Labute approximate surface area is 70.8 Å². The van der Waals surface area contributed by atoms with E-state index in [0.717, 1.165) is 6.42 Å². The molecule has 1 unspecified atom stereocenters. The Morgan fingerprint density at radius 2 is 1.64 bits per heavy atom. The van der Waals surface area contributed by atoms with Crippen LogP contribution in [-0.2, 0) is 0 Å². The Kier molecular flexibility index (Phi) is 4.74. The summed E-state index contributed by atoms with van der Waals surface area (Å²) in [5, 5.41) is 9.12. The first-order chi connectivity index (χ1) is 5.14. The van der Waals surface area contributed by atoms with E-state index >= 15 is 0 Å². The Balaban J connectivity index is 4.19. The van der Waals surface area contributed by atoms with Crippen molar-refractivity contribution in [2.45, 2.75) is 47.0 Å². The second-order valence-corrected chi connectivity index (χ2v) is 3.65. The zero-order chi connectivity index (χ0) is 8.91. The first-order valence-electron chi connectivity index (χ1n) is 4.75. The Hall–Kier alpha value is -0.0400. The van der Waals surface area contributed by atoms with Gasteiger partial charge in [-0.25, -0.2) is 0 Å². The monoisotopic (exact) mass is 158 g/mol. The van der Waals surface area contributed by atoms with Gasteiger partial charge in [0, 0.05) is 6.61 Å². The molecular weight excluding hydrogens is 136 g/mol. The lowest BCUT2D eigenvalue weighted by atomic mass is 9.72. The van der Waals surface area contributed by atoms with Gasteiger partial charge in [0.15, 0.2) is 0 Å². The highest BCUT2D eigenvalue weighted by atomic mass is 16.3. The summed E-state index contributed by atoms with van der Waals surface area (Å²) in [6, 6.07) is 0. The molecule has 0 aliphatic heterocycles. The lowest BCUT2D eigenvalue weighted by Gasteiger charge is -2.34. The van der Waals surface area contributed by atoms with Crippen LogP contribution in [0, 0.1) is 11.3 Å². The molecule has 0 aromatic rings. The van der Waals surface area contributed by atoms with E-state index < -0.39 is 0 Å². The number of hydrogen-bond donors (Lipinski definition) is 1. The molecule has 0 rings (SSSR count). The van der Waals surface area contributed by atoms with E-state index in [0.29, 0.717) is 17.9 Å². The molecule has 11 heavy (non-hydrogen) atoms. The summed E-state index contributed by atoms with van der Waals surface area (Å²) in [7, 11) is 0. The third-order valence-electron chi connectivity index (χ3n) is 3.31. The molecule has 0 spiro atoms. The molecular formula is C10H22O. The van der Waals surface area contributed by atoms with E-state index in [9.17, 15) is 0 Å². The van der Waals surface area contributed by atoms with Gasteiger partial charge in [-0.05, 0) is 11.3 Å². The van der Waals surface area contributed by atoms with E-state index in [4.69, 9.17) is 5.11 Å². The predicted octanol–water partition coefficient (Wildman–Crippen LogP) is 2.83. The van der Waals surface area contributed by atoms with E-state index in [-0.39, 0.29) is 0 Å². The first kappa shape index (κ1) is 11.0. The van der Waals surface area contributed by atoms with Crippen molar-refractivity contribution in [3.8, 4) is 0 Å². The SMILES string of the molecule is CCC(CO)C(C)(CC)CC. The molecule has 0 saturated carbocycles. The van der Waals surface area contributed by atoms with Crippen LogP contribution in [0.4, 0.5) is 0 Å². The van der Waals surface area contributed by atoms with Crippen molar-refractivity contribution in [1.29, 1.82) is 0 Å². The molecule has 0 aliphatic carbocycles. The second-order valence-electron chi connectivity index (χ2n) is 3.65. The maximum absolute atomic E-state index is 9.12. The van der Waals surface area contributed by atoms with E-state index in [2.05, 4.69) is 27.7 Å². The average Bonchev–Trinajstić information content (AvgIpc) is 2.06. The van der Waals surface area contributed by atoms with Gasteiger partial charge in [-0.3, -0.25) is 0 Å². The Morgan fingerprint density at radius 3 is 1.73 bits per heavy atom. The molecule has 1 atom stereocenters. The summed E-state index contributed by atoms with van der Waals surface area (Å²) >= 11 is 0. The highest BCUT2D eigenvalue weighted by molar-refractivity contribution is 4.78. The summed E-state index contributed by atoms with van der Waals surface area (Å²) < 4.78 is 0. The smallest absolute Gasteiger partial charge is 0.0464 e. The van der Waals surface area contributed by atoms with Crippen molar-refractivity contribution < 1.29 is 5.11 Å². The van der Waals surface area contributed by atoms with Crippen LogP contribution in [0.25, 0.3) is 0 Å². The van der Waals surface area contributed by atoms with Gasteiger partial charge in [0.05, 0.1) is 0 Å². The predicted molar refractivity (Wildman–Crippen MR) is 49.6 cm³/mol. The fraction of sp³-hybridized carbons (Fsp3) is 1.00. The van der Waals surface area contributed by atoms with E-state index in [1.54, 1.807) is 0 Å². The minimum atomic E-state index is 0.342. The van der Waals surface area contributed by atoms with Crippen molar-refractivity contribution >= 4 is 0 Å². The largest absolute Gasteiger partial charge is 0.396 e. The van der Waals surface area contributed by atoms with Crippen LogP contribution in [0.3, 0.4) is 0 Å². The maximum atomic E-state index is 9.12. The molecule has 0 fully saturated rings. The van der Waals surface area contributed by atoms with Crippen molar-refractivity contribution in [3.05, 3.63) is 0 Å². The summed E-state index contributed by atoms with van der Waals surface area (Å²) in [6.45, 7) is 9.19. The number of aliphatic hydroxyl groups is 1. The molecule has 68 valence electrons. The molecule has 1 nitrogen and oxygen atoms in total. The quantitative estimate of drug-likeness (QED) is 0.652. The minimum Gasteiger partial charge on any atom is -0.396 e.